The molecule has 15 heteroatoms. The van der Waals surface area contributed by atoms with E-state index in [9.17, 15) is 28.8 Å². The van der Waals surface area contributed by atoms with Crippen molar-refractivity contribution in [1.82, 2.24) is 25.9 Å². The summed E-state index contributed by atoms with van der Waals surface area (Å²) in [5, 5.41) is 24.6. The van der Waals surface area contributed by atoms with Crippen LogP contribution in [-0.4, -0.2) is 79.9 Å². The van der Waals surface area contributed by atoms with E-state index in [1.807, 2.05) is 5.32 Å². The third kappa shape index (κ3) is 9.77. The van der Waals surface area contributed by atoms with E-state index in [-0.39, 0.29) is 19.3 Å². The number of imidazole rings is 1. The van der Waals surface area contributed by atoms with Crippen LogP contribution in [0.25, 0.3) is 0 Å². The molecule has 1 aromatic rings. The summed E-state index contributed by atoms with van der Waals surface area (Å²) < 4.78 is 0. The SMILES string of the molecule is CC(NC(=O)C(Cc1cnc[nH]1)NC(=O)C(N)CCC(N)=O)C(=O)NC(CC(=O)O)C(=O)O. The maximum absolute atomic E-state index is 12.7. The summed E-state index contributed by atoms with van der Waals surface area (Å²) in [6, 6.07) is -5.29. The first-order valence-electron chi connectivity index (χ1n) is 9.77. The van der Waals surface area contributed by atoms with Gasteiger partial charge in [0.1, 0.15) is 18.1 Å². The maximum Gasteiger partial charge on any atom is 0.326 e. The number of nitrogens with two attached hydrogens (primary N) is 2. The van der Waals surface area contributed by atoms with Crippen molar-refractivity contribution in [3.63, 3.8) is 0 Å². The van der Waals surface area contributed by atoms with Gasteiger partial charge in [0, 0.05) is 24.7 Å². The van der Waals surface area contributed by atoms with Crippen LogP contribution in [0.4, 0.5) is 0 Å². The zero-order valence-electron chi connectivity index (χ0n) is 17.7. The molecule has 0 aliphatic rings. The van der Waals surface area contributed by atoms with Crippen molar-refractivity contribution in [3.05, 3.63) is 18.2 Å². The number of nitrogens with zero attached hydrogens (tertiary/aromatic N) is 1. The minimum Gasteiger partial charge on any atom is -0.481 e. The number of carbonyl (C=O) groups is 6. The van der Waals surface area contributed by atoms with Crippen LogP contribution in [0.5, 0.6) is 0 Å². The molecule has 0 spiro atoms. The second kappa shape index (κ2) is 12.7. The van der Waals surface area contributed by atoms with Crippen LogP contribution in [0.2, 0.25) is 0 Å². The highest BCUT2D eigenvalue weighted by Gasteiger charge is 2.29. The average molecular weight is 469 g/mol. The van der Waals surface area contributed by atoms with Crippen LogP contribution in [-0.2, 0) is 35.2 Å². The molecule has 1 aromatic heterocycles. The predicted molar refractivity (Wildman–Crippen MR) is 110 cm³/mol. The lowest BCUT2D eigenvalue weighted by Gasteiger charge is -2.23. The summed E-state index contributed by atoms with van der Waals surface area (Å²) in [6.07, 6.45) is 1.69. The Bertz CT molecular complexity index is 873. The summed E-state index contributed by atoms with van der Waals surface area (Å²) in [5.41, 5.74) is 11.2. The molecule has 15 nitrogen and oxygen atoms in total. The number of amides is 4. The summed E-state index contributed by atoms with van der Waals surface area (Å²) >= 11 is 0. The molecule has 4 amide bonds. The average Bonchev–Trinajstić information content (AvgIpc) is 3.23. The number of carboxylic acids is 2. The third-order valence-electron chi connectivity index (χ3n) is 4.40. The van der Waals surface area contributed by atoms with Gasteiger partial charge in [-0.2, -0.15) is 0 Å². The van der Waals surface area contributed by atoms with Crippen molar-refractivity contribution in [2.24, 2.45) is 11.5 Å². The topological polar surface area (TPSA) is 260 Å². The first-order valence-corrected chi connectivity index (χ1v) is 9.77. The van der Waals surface area contributed by atoms with E-state index in [1.165, 1.54) is 19.4 Å². The van der Waals surface area contributed by atoms with Crippen LogP contribution in [0.15, 0.2) is 12.5 Å². The number of H-pyrrole nitrogens is 1. The molecule has 0 aromatic carbocycles. The molecule has 1 heterocycles. The number of carbonyl (C=O) groups excluding carboxylic acids is 4. The van der Waals surface area contributed by atoms with Crippen LogP contribution in [0.3, 0.4) is 0 Å². The van der Waals surface area contributed by atoms with Gasteiger partial charge in [-0.3, -0.25) is 24.0 Å². The number of hydrogen-bond donors (Lipinski definition) is 8. The predicted octanol–water partition coefficient (Wildman–Crippen LogP) is -3.42. The smallest absolute Gasteiger partial charge is 0.326 e. The first kappa shape index (κ1) is 27.0. The minimum atomic E-state index is -1.70. The fraction of sp³-hybridized carbons (Fsp3) is 0.500. The van der Waals surface area contributed by atoms with Crippen LogP contribution < -0.4 is 27.4 Å². The van der Waals surface area contributed by atoms with E-state index in [1.54, 1.807) is 0 Å². The molecule has 0 radical (unpaired) electrons. The molecule has 4 unspecified atom stereocenters. The van der Waals surface area contributed by atoms with Crippen LogP contribution in [0, 0.1) is 0 Å². The molecule has 0 fully saturated rings. The minimum absolute atomic E-state index is 0.0431. The second-order valence-corrected chi connectivity index (χ2v) is 7.18. The highest BCUT2D eigenvalue weighted by molar-refractivity contribution is 5.94. The number of aliphatic carboxylic acids is 2. The van der Waals surface area contributed by atoms with Crippen molar-refractivity contribution in [3.8, 4) is 0 Å². The zero-order valence-corrected chi connectivity index (χ0v) is 17.7. The highest BCUT2D eigenvalue weighted by Crippen LogP contribution is 2.03. The van der Waals surface area contributed by atoms with E-state index in [4.69, 9.17) is 21.7 Å². The van der Waals surface area contributed by atoms with Crippen molar-refractivity contribution in [1.29, 1.82) is 0 Å². The largest absolute Gasteiger partial charge is 0.481 e. The van der Waals surface area contributed by atoms with E-state index in [2.05, 4.69) is 20.6 Å². The molecule has 0 aliphatic carbocycles. The number of rotatable bonds is 14. The summed E-state index contributed by atoms with van der Waals surface area (Å²) in [7, 11) is 0. The molecule has 182 valence electrons. The third-order valence-corrected chi connectivity index (χ3v) is 4.40. The van der Waals surface area contributed by atoms with Gasteiger partial charge in [0.05, 0.1) is 18.8 Å². The molecular formula is C18H27N7O8. The molecular weight excluding hydrogens is 442 g/mol. The molecule has 10 N–H and O–H groups in total. The Morgan fingerprint density at radius 1 is 1.03 bits per heavy atom. The first-order chi connectivity index (χ1) is 15.4. The fourth-order valence-electron chi connectivity index (χ4n) is 2.58. The number of nitrogens with one attached hydrogen (secondary N) is 4. The van der Waals surface area contributed by atoms with Crippen molar-refractivity contribution in [2.45, 2.75) is 56.8 Å². The maximum atomic E-state index is 12.7. The standard InChI is InChI=1S/C18H27N7O8/c1-8(15(29)25-12(18(32)33)5-14(27)28)23-17(31)11(4-9-6-21-7-22-9)24-16(30)10(19)2-3-13(20)26/h6-8,10-12H,2-5,19H2,1H3,(H2,20,26)(H,21,22)(H,23,31)(H,24,30)(H,25,29)(H,27,28)(H,32,33). The Kier molecular flexibility index (Phi) is 10.4. The number of carboxylic acid groups (broad SMARTS) is 2. The number of aromatic amines is 1. The van der Waals surface area contributed by atoms with Crippen molar-refractivity contribution in [2.75, 3.05) is 0 Å². The van der Waals surface area contributed by atoms with Gasteiger partial charge >= 0.3 is 11.9 Å². The van der Waals surface area contributed by atoms with Crippen molar-refractivity contribution < 1.29 is 39.0 Å². The molecule has 4 atom stereocenters. The van der Waals surface area contributed by atoms with Gasteiger partial charge in [0.15, 0.2) is 0 Å². The Labute approximate surface area is 187 Å². The number of hydrogen-bond acceptors (Lipinski definition) is 8. The van der Waals surface area contributed by atoms with Crippen LogP contribution in [0.1, 0.15) is 31.9 Å². The number of aromatic nitrogens is 2. The van der Waals surface area contributed by atoms with E-state index in [0.717, 1.165) is 0 Å². The quantitative estimate of drug-likeness (QED) is 0.134. The van der Waals surface area contributed by atoms with E-state index >= 15 is 0 Å². The lowest BCUT2D eigenvalue weighted by atomic mass is 10.1. The number of primary amides is 1. The van der Waals surface area contributed by atoms with Gasteiger partial charge in [-0.05, 0) is 13.3 Å². The lowest BCUT2D eigenvalue weighted by Crippen LogP contribution is -2.57. The summed E-state index contributed by atoms with van der Waals surface area (Å²) in [4.78, 5) is 76.7. The van der Waals surface area contributed by atoms with Crippen molar-refractivity contribution >= 4 is 35.6 Å². The Morgan fingerprint density at radius 3 is 2.18 bits per heavy atom. The lowest BCUT2D eigenvalue weighted by molar-refractivity contribution is -0.147. The summed E-state index contributed by atoms with van der Waals surface area (Å²) in [5.74, 6) is -6.12. The summed E-state index contributed by atoms with van der Waals surface area (Å²) in [6.45, 7) is 1.25. The van der Waals surface area contributed by atoms with Gasteiger partial charge in [-0.1, -0.05) is 0 Å². The van der Waals surface area contributed by atoms with Gasteiger partial charge in [0.2, 0.25) is 23.6 Å². The Hall–Kier alpha value is -4.01. The highest BCUT2D eigenvalue weighted by atomic mass is 16.4. The van der Waals surface area contributed by atoms with E-state index < -0.39 is 66.2 Å². The van der Waals surface area contributed by atoms with E-state index in [0.29, 0.717) is 5.69 Å². The Balaban J connectivity index is 2.84. The van der Waals surface area contributed by atoms with Crippen LogP contribution >= 0.6 is 0 Å². The normalized spacial score (nSPS) is 14.2. The fourth-order valence-corrected chi connectivity index (χ4v) is 2.58. The van der Waals surface area contributed by atoms with Gasteiger partial charge in [0.25, 0.3) is 0 Å². The monoisotopic (exact) mass is 469 g/mol. The molecule has 0 aliphatic heterocycles. The van der Waals surface area contributed by atoms with Gasteiger partial charge in [-0.25, -0.2) is 9.78 Å². The molecule has 1 rings (SSSR count). The molecule has 0 bridgehead atoms. The van der Waals surface area contributed by atoms with Gasteiger partial charge < -0.3 is 42.6 Å². The molecule has 33 heavy (non-hydrogen) atoms. The zero-order chi connectivity index (χ0) is 25.1. The molecule has 0 saturated heterocycles. The Morgan fingerprint density at radius 2 is 1.67 bits per heavy atom. The second-order valence-electron chi connectivity index (χ2n) is 7.18. The van der Waals surface area contributed by atoms with Gasteiger partial charge in [-0.15, -0.1) is 0 Å². The molecule has 0 saturated carbocycles.